The maximum absolute atomic E-state index is 14.1. The summed E-state index contributed by atoms with van der Waals surface area (Å²) in [5.41, 5.74) is 8.00. The van der Waals surface area contributed by atoms with Gasteiger partial charge in [0.2, 0.25) is 0 Å². The molecule has 2 rings (SSSR count). The summed E-state index contributed by atoms with van der Waals surface area (Å²) in [5, 5.41) is 0. The van der Waals surface area contributed by atoms with Gasteiger partial charge >= 0.3 is 0 Å². The summed E-state index contributed by atoms with van der Waals surface area (Å²) < 4.78 is 14.1. The molecule has 19 heavy (non-hydrogen) atoms. The van der Waals surface area contributed by atoms with E-state index in [-0.39, 0.29) is 17.7 Å². The smallest absolute Gasteiger partial charge is 0.172 e. The largest absolute Gasteiger partial charge is 0.325 e. The maximum atomic E-state index is 14.1. The van der Waals surface area contributed by atoms with Crippen LogP contribution in [0.25, 0.3) is 11.3 Å². The molecule has 0 aliphatic rings. The minimum Gasteiger partial charge on any atom is -0.325 e. The summed E-state index contributed by atoms with van der Waals surface area (Å²) in [4.78, 5) is 7.84. The second-order valence-electron chi connectivity index (χ2n) is 5.51. The number of nitrogens with two attached hydrogens (primary N) is 1. The molecule has 2 N–H and O–H groups in total. The molecule has 0 aliphatic heterocycles. The Hall–Kier alpha value is -1.81. The van der Waals surface area contributed by atoms with Crippen LogP contribution in [-0.4, -0.2) is 9.97 Å². The fourth-order valence-corrected chi connectivity index (χ4v) is 1.88. The van der Waals surface area contributed by atoms with Crippen LogP contribution in [0.2, 0.25) is 0 Å². The van der Waals surface area contributed by atoms with Gasteiger partial charge in [0.1, 0.15) is 12.0 Å². The first-order chi connectivity index (χ1) is 8.93. The first kappa shape index (κ1) is 13.6. The van der Waals surface area contributed by atoms with E-state index in [1.165, 1.54) is 11.9 Å². The van der Waals surface area contributed by atoms with Crippen molar-refractivity contribution >= 4 is 0 Å². The molecule has 0 unspecified atom stereocenters. The Bertz CT molecular complexity index is 571. The lowest BCUT2D eigenvalue weighted by Crippen LogP contribution is -2.10. The Labute approximate surface area is 112 Å². The van der Waals surface area contributed by atoms with Crippen LogP contribution in [0.15, 0.2) is 30.6 Å². The van der Waals surface area contributed by atoms with E-state index < -0.39 is 5.82 Å². The lowest BCUT2D eigenvalue weighted by atomic mass is 9.86. The Morgan fingerprint density at radius 1 is 1.11 bits per heavy atom. The molecule has 2 aromatic rings. The molecule has 0 saturated carbocycles. The average molecular weight is 259 g/mol. The molecule has 100 valence electrons. The quantitative estimate of drug-likeness (QED) is 0.901. The average Bonchev–Trinajstić information content (AvgIpc) is 2.38. The van der Waals surface area contributed by atoms with Crippen molar-refractivity contribution in [1.29, 1.82) is 0 Å². The van der Waals surface area contributed by atoms with Crippen LogP contribution in [0.4, 0.5) is 4.39 Å². The van der Waals surface area contributed by atoms with Crippen molar-refractivity contribution < 1.29 is 4.39 Å². The first-order valence-corrected chi connectivity index (χ1v) is 6.24. The topological polar surface area (TPSA) is 51.8 Å². The molecule has 0 saturated heterocycles. The molecule has 0 aliphatic carbocycles. The van der Waals surface area contributed by atoms with Gasteiger partial charge in [-0.2, -0.15) is 0 Å². The summed E-state index contributed by atoms with van der Waals surface area (Å²) in [6, 6.07) is 7.76. The molecule has 4 heteroatoms. The zero-order valence-electron chi connectivity index (χ0n) is 11.4. The molecular formula is C15H18FN3. The standard InChI is InChI=1S/C15H18FN3/c1-15(2,3)11-6-4-10(5-7-11)14-13(16)12(8-17)18-9-19-14/h4-7,9H,8,17H2,1-3H3. The zero-order chi connectivity index (χ0) is 14.0. The molecule has 0 spiro atoms. The summed E-state index contributed by atoms with van der Waals surface area (Å²) >= 11 is 0. The van der Waals surface area contributed by atoms with Crippen LogP contribution >= 0.6 is 0 Å². The van der Waals surface area contributed by atoms with Gasteiger partial charge < -0.3 is 5.73 Å². The van der Waals surface area contributed by atoms with Crippen LogP contribution in [0.3, 0.4) is 0 Å². The molecule has 1 heterocycles. The molecule has 3 nitrogen and oxygen atoms in total. The summed E-state index contributed by atoms with van der Waals surface area (Å²) in [5.74, 6) is -0.437. The minimum atomic E-state index is -0.437. The lowest BCUT2D eigenvalue weighted by Gasteiger charge is -2.19. The highest BCUT2D eigenvalue weighted by atomic mass is 19.1. The van der Waals surface area contributed by atoms with E-state index in [4.69, 9.17) is 5.73 Å². The fraction of sp³-hybridized carbons (Fsp3) is 0.333. The summed E-state index contributed by atoms with van der Waals surface area (Å²) in [6.45, 7) is 6.49. The van der Waals surface area contributed by atoms with Gasteiger partial charge in [0.15, 0.2) is 5.82 Å². The monoisotopic (exact) mass is 259 g/mol. The molecule has 0 fully saturated rings. The van der Waals surface area contributed by atoms with Gasteiger partial charge in [-0.1, -0.05) is 45.0 Å². The number of benzene rings is 1. The number of aromatic nitrogens is 2. The second-order valence-corrected chi connectivity index (χ2v) is 5.51. The van der Waals surface area contributed by atoms with E-state index in [9.17, 15) is 4.39 Å². The van der Waals surface area contributed by atoms with Gasteiger partial charge in [0.25, 0.3) is 0 Å². The minimum absolute atomic E-state index is 0.0709. The van der Waals surface area contributed by atoms with Crippen LogP contribution in [-0.2, 0) is 12.0 Å². The molecule has 0 amide bonds. The third-order valence-electron chi connectivity index (χ3n) is 3.08. The predicted molar refractivity (Wildman–Crippen MR) is 74.0 cm³/mol. The highest BCUT2D eigenvalue weighted by Gasteiger charge is 2.15. The van der Waals surface area contributed by atoms with E-state index >= 15 is 0 Å². The Kier molecular flexibility index (Phi) is 3.62. The second kappa shape index (κ2) is 5.05. The molecular weight excluding hydrogens is 241 g/mol. The zero-order valence-corrected chi connectivity index (χ0v) is 11.4. The van der Waals surface area contributed by atoms with Crippen molar-refractivity contribution in [2.45, 2.75) is 32.7 Å². The molecule has 1 aromatic heterocycles. The lowest BCUT2D eigenvalue weighted by molar-refractivity contribution is 0.589. The molecule has 0 radical (unpaired) electrons. The number of rotatable bonds is 2. The van der Waals surface area contributed by atoms with Crippen molar-refractivity contribution in [1.82, 2.24) is 9.97 Å². The van der Waals surface area contributed by atoms with Crippen molar-refractivity contribution in [3.63, 3.8) is 0 Å². The van der Waals surface area contributed by atoms with Gasteiger partial charge in [0, 0.05) is 12.1 Å². The van der Waals surface area contributed by atoms with Gasteiger partial charge in [-0.15, -0.1) is 0 Å². The predicted octanol–water partition coefficient (Wildman–Crippen LogP) is 3.04. The number of halogens is 1. The van der Waals surface area contributed by atoms with Crippen molar-refractivity contribution in [2.75, 3.05) is 0 Å². The third-order valence-corrected chi connectivity index (χ3v) is 3.08. The normalized spacial score (nSPS) is 11.6. The van der Waals surface area contributed by atoms with E-state index in [0.717, 1.165) is 5.56 Å². The van der Waals surface area contributed by atoms with E-state index in [0.29, 0.717) is 5.69 Å². The number of hydrogen-bond donors (Lipinski definition) is 1. The van der Waals surface area contributed by atoms with Crippen molar-refractivity contribution in [2.24, 2.45) is 5.73 Å². The summed E-state index contributed by atoms with van der Waals surface area (Å²) in [6.07, 6.45) is 1.35. The fourth-order valence-electron chi connectivity index (χ4n) is 1.88. The van der Waals surface area contributed by atoms with Crippen molar-refractivity contribution in [3.05, 3.63) is 47.7 Å². The van der Waals surface area contributed by atoms with Crippen molar-refractivity contribution in [3.8, 4) is 11.3 Å². The van der Waals surface area contributed by atoms with Crippen LogP contribution in [0.1, 0.15) is 32.0 Å². The Balaban J connectivity index is 2.43. The van der Waals surface area contributed by atoms with Gasteiger partial charge in [-0.25, -0.2) is 14.4 Å². The molecule has 0 bridgehead atoms. The van der Waals surface area contributed by atoms with Crippen LogP contribution in [0.5, 0.6) is 0 Å². The van der Waals surface area contributed by atoms with Gasteiger partial charge in [-0.05, 0) is 11.0 Å². The van der Waals surface area contributed by atoms with E-state index in [2.05, 4.69) is 30.7 Å². The Morgan fingerprint density at radius 3 is 2.26 bits per heavy atom. The van der Waals surface area contributed by atoms with E-state index in [1.807, 2.05) is 24.3 Å². The third kappa shape index (κ3) is 2.79. The number of nitrogens with zero attached hydrogens (tertiary/aromatic N) is 2. The molecule has 0 atom stereocenters. The van der Waals surface area contributed by atoms with Gasteiger partial charge in [0.05, 0.1) is 5.69 Å². The van der Waals surface area contributed by atoms with Gasteiger partial charge in [-0.3, -0.25) is 0 Å². The number of hydrogen-bond acceptors (Lipinski definition) is 3. The maximum Gasteiger partial charge on any atom is 0.172 e. The van der Waals surface area contributed by atoms with E-state index in [1.54, 1.807) is 0 Å². The molecule has 1 aromatic carbocycles. The highest BCUT2D eigenvalue weighted by Crippen LogP contribution is 2.26. The highest BCUT2D eigenvalue weighted by molar-refractivity contribution is 5.60. The first-order valence-electron chi connectivity index (χ1n) is 6.24. The SMILES string of the molecule is CC(C)(C)c1ccc(-c2ncnc(CN)c2F)cc1. The summed E-state index contributed by atoms with van der Waals surface area (Å²) in [7, 11) is 0. The van der Waals surface area contributed by atoms with Crippen LogP contribution < -0.4 is 5.73 Å². The Morgan fingerprint density at radius 2 is 1.74 bits per heavy atom. The van der Waals surface area contributed by atoms with Crippen LogP contribution in [0, 0.1) is 5.82 Å².